The summed E-state index contributed by atoms with van der Waals surface area (Å²) in [6, 6.07) is 6.68. The molecule has 1 aromatic rings. The zero-order chi connectivity index (χ0) is 16.5. The fourth-order valence-electron chi connectivity index (χ4n) is 1.88. The molecule has 0 aliphatic rings. The number of esters is 1. The van der Waals surface area contributed by atoms with E-state index in [-0.39, 0.29) is 11.8 Å². The maximum absolute atomic E-state index is 12.0. The Bertz CT molecular complexity index is 522. The van der Waals surface area contributed by atoms with Crippen molar-refractivity contribution in [2.24, 2.45) is 5.92 Å². The molecule has 1 amide bonds. The monoisotopic (exact) mass is 305 g/mol. The first kappa shape index (κ1) is 17.8. The van der Waals surface area contributed by atoms with Gasteiger partial charge in [0.05, 0.1) is 14.2 Å². The van der Waals surface area contributed by atoms with Crippen LogP contribution in [-0.2, 0) is 14.3 Å². The van der Waals surface area contributed by atoms with Gasteiger partial charge >= 0.3 is 5.97 Å². The highest BCUT2D eigenvalue weighted by atomic mass is 16.5. The van der Waals surface area contributed by atoms with E-state index in [4.69, 9.17) is 9.47 Å². The number of methoxy groups -OCH3 is 2. The summed E-state index contributed by atoms with van der Waals surface area (Å²) in [6.07, 6.45) is 3.85. The van der Waals surface area contributed by atoms with E-state index in [1.54, 1.807) is 13.2 Å². The van der Waals surface area contributed by atoms with Crippen molar-refractivity contribution in [3.05, 3.63) is 35.9 Å². The van der Waals surface area contributed by atoms with Crippen LogP contribution in [0, 0.1) is 5.92 Å². The molecule has 1 N–H and O–H groups in total. The van der Waals surface area contributed by atoms with Gasteiger partial charge in [-0.05, 0) is 29.7 Å². The number of nitrogens with one attached hydrogen (secondary N) is 1. The first-order chi connectivity index (χ1) is 10.5. The van der Waals surface area contributed by atoms with E-state index in [0.717, 1.165) is 17.7 Å². The largest absolute Gasteiger partial charge is 0.497 e. The van der Waals surface area contributed by atoms with Crippen molar-refractivity contribution >= 4 is 18.0 Å². The first-order valence-corrected chi connectivity index (χ1v) is 7.22. The van der Waals surface area contributed by atoms with Gasteiger partial charge in [-0.15, -0.1) is 0 Å². The third kappa shape index (κ3) is 5.24. The minimum absolute atomic E-state index is 0.00536. The zero-order valence-electron chi connectivity index (χ0n) is 13.5. The van der Waals surface area contributed by atoms with Gasteiger partial charge in [-0.3, -0.25) is 4.79 Å². The lowest BCUT2D eigenvalue weighted by Crippen LogP contribution is -2.45. The molecule has 0 spiro atoms. The summed E-state index contributed by atoms with van der Waals surface area (Å²) in [5.41, 5.74) is 0.870. The van der Waals surface area contributed by atoms with Crippen LogP contribution in [-0.4, -0.2) is 32.1 Å². The van der Waals surface area contributed by atoms with E-state index in [9.17, 15) is 9.59 Å². The summed E-state index contributed by atoms with van der Waals surface area (Å²) in [5, 5.41) is 2.69. The molecule has 0 radical (unpaired) electrons. The van der Waals surface area contributed by atoms with Crippen molar-refractivity contribution in [3.63, 3.8) is 0 Å². The maximum atomic E-state index is 12.0. The van der Waals surface area contributed by atoms with Crippen LogP contribution >= 0.6 is 0 Å². The minimum Gasteiger partial charge on any atom is -0.497 e. The number of rotatable bonds is 7. The average molecular weight is 305 g/mol. The number of carbonyl (C=O) groups excluding carboxylic acids is 2. The second kappa shape index (κ2) is 8.87. The van der Waals surface area contributed by atoms with Gasteiger partial charge in [0.2, 0.25) is 5.91 Å². The Kier molecular flexibility index (Phi) is 7.16. The van der Waals surface area contributed by atoms with Gasteiger partial charge in [0.1, 0.15) is 11.8 Å². The molecule has 120 valence electrons. The number of hydrogen-bond acceptors (Lipinski definition) is 4. The quantitative estimate of drug-likeness (QED) is 0.620. The second-order valence-corrected chi connectivity index (χ2v) is 5.00. The van der Waals surface area contributed by atoms with Crippen LogP contribution in [0.3, 0.4) is 0 Å². The molecule has 5 nitrogen and oxygen atoms in total. The maximum Gasteiger partial charge on any atom is 0.328 e. The summed E-state index contributed by atoms with van der Waals surface area (Å²) in [6.45, 7) is 3.86. The topological polar surface area (TPSA) is 64.6 Å². The van der Waals surface area contributed by atoms with Crippen molar-refractivity contribution < 1.29 is 19.1 Å². The molecule has 1 aromatic carbocycles. The molecular formula is C17H23NO4. The van der Waals surface area contributed by atoms with Crippen molar-refractivity contribution in [1.29, 1.82) is 0 Å². The predicted molar refractivity (Wildman–Crippen MR) is 85.4 cm³/mol. The number of carbonyl (C=O) groups is 2. The normalized spacial score (nSPS) is 13.5. The smallest absolute Gasteiger partial charge is 0.328 e. The second-order valence-electron chi connectivity index (χ2n) is 5.00. The van der Waals surface area contributed by atoms with Crippen LogP contribution in [0.15, 0.2) is 30.3 Å². The number of benzene rings is 1. The Morgan fingerprint density at radius 3 is 2.36 bits per heavy atom. The fourth-order valence-corrected chi connectivity index (χ4v) is 1.88. The zero-order valence-corrected chi connectivity index (χ0v) is 13.5. The number of hydrogen-bond donors (Lipinski definition) is 1. The highest BCUT2D eigenvalue weighted by molar-refractivity contribution is 5.94. The van der Waals surface area contributed by atoms with Gasteiger partial charge in [-0.25, -0.2) is 4.79 Å². The first-order valence-electron chi connectivity index (χ1n) is 7.22. The molecule has 0 saturated heterocycles. The van der Waals surface area contributed by atoms with Gasteiger partial charge in [0.25, 0.3) is 0 Å². The molecule has 0 saturated carbocycles. The summed E-state index contributed by atoms with van der Waals surface area (Å²) in [5.74, 6) is 0.00183. The van der Waals surface area contributed by atoms with Crippen LogP contribution in [0.5, 0.6) is 5.75 Å². The fraction of sp³-hybridized carbons (Fsp3) is 0.412. The van der Waals surface area contributed by atoms with E-state index in [2.05, 4.69) is 5.32 Å². The molecule has 0 aliphatic carbocycles. The highest BCUT2D eigenvalue weighted by Gasteiger charge is 2.25. The average Bonchev–Trinajstić information content (AvgIpc) is 2.56. The van der Waals surface area contributed by atoms with Crippen LogP contribution in [0.2, 0.25) is 0 Å². The summed E-state index contributed by atoms with van der Waals surface area (Å²) >= 11 is 0. The molecule has 1 rings (SSSR count). The van der Waals surface area contributed by atoms with Crippen LogP contribution in [0.1, 0.15) is 25.8 Å². The molecule has 0 unspecified atom stereocenters. The van der Waals surface area contributed by atoms with Gasteiger partial charge < -0.3 is 14.8 Å². The lowest BCUT2D eigenvalue weighted by Gasteiger charge is -2.20. The van der Waals surface area contributed by atoms with Crippen molar-refractivity contribution in [1.82, 2.24) is 5.32 Å². The van der Waals surface area contributed by atoms with E-state index in [0.29, 0.717) is 0 Å². The number of amides is 1. The van der Waals surface area contributed by atoms with Crippen LogP contribution in [0.25, 0.3) is 6.08 Å². The SMILES string of the molecule is CC[C@@H](C)[C@H](NC(=O)/C=C/c1ccc(OC)cc1)C(=O)OC. The van der Waals surface area contributed by atoms with Gasteiger partial charge in [0, 0.05) is 6.08 Å². The molecule has 0 bridgehead atoms. The van der Waals surface area contributed by atoms with E-state index < -0.39 is 12.0 Å². The Hall–Kier alpha value is -2.30. The van der Waals surface area contributed by atoms with Gasteiger partial charge in [-0.2, -0.15) is 0 Å². The van der Waals surface area contributed by atoms with Gasteiger partial charge in [-0.1, -0.05) is 32.4 Å². The van der Waals surface area contributed by atoms with Crippen molar-refractivity contribution in [3.8, 4) is 5.75 Å². The number of ether oxygens (including phenoxy) is 2. The summed E-state index contributed by atoms with van der Waals surface area (Å²) < 4.78 is 9.80. The Morgan fingerprint density at radius 2 is 1.86 bits per heavy atom. The van der Waals surface area contributed by atoms with Crippen molar-refractivity contribution in [2.45, 2.75) is 26.3 Å². The van der Waals surface area contributed by atoms with E-state index in [1.165, 1.54) is 13.2 Å². The minimum atomic E-state index is -0.636. The molecule has 0 fully saturated rings. The Balaban J connectivity index is 2.69. The highest BCUT2D eigenvalue weighted by Crippen LogP contribution is 2.12. The lowest BCUT2D eigenvalue weighted by molar-refractivity contribution is -0.146. The Labute approximate surface area is 131 Å². The molecular weight excluding hydrogens is 282 g/mol. The Morgan fingerprint density at radius 1 is 1.23 bits per heavy atom. The molecule has 0 heterocycles. The standard InChI is InChI=1S/C17H23NO4/c1-5-12(2)16(17(20)22-4)18-15(19)11-8-13-6-9-14(21-3)10-7-13/h6-12,16H,5H2,1-4H3,(H,18,19)/b11-8+/t12-,16+/m1/s1. The van der Waals surface area contributed by atoms with Crippen LogP contribution in [0.4, 0.5) is 0 Å². The van der Waals surface area contributed by atoms with Crippen LogP contribution < -0.4 is 10.1 Å². The third-order valence-electron chi connectivity index (χ3n) is 3.51. The third-order valence-corrected chi connectivity index (χ3v) is 3.51. The summed E-state index contributed by atoms with van der Waals surface area (Å²) in [7, 11) is 2.91. The molecule has 22 heavy (non-hydrogen) atoms. The molecule has 0 aliphatic heterocycles. The van der Waals surface area contributed by atoms with Crippen molar-refractivity contribution in [2.75, 3.05) is 14.2 Å². The van der Waals surface area contributed by atoms with E-state index in [1.807, 2.05) is 38.1 Å². The summed E-state index contributed by atoms with van der Waals surface area (Å²) in [4.78, 5) is 23.7. The van der Waals surface area contributed by atoms with E-state index >= 15 is 0 Å². The molecule has 2 atom stereocenters. The van der Waals surface area contributed by atoms with Gasteiger partial charge in [0.15, 0.2) is 0 Å². The predicted octanol–water partition coefficient (Wildman–Crippen LogP) is 2.41. The molecule has 0 aromatic heterocycles. The molecule has 5 heteroatoms. The lowest BCUT2D eigenvalue weighted by atomic mass is 9.99.